The fraction of sp³-hybridized carbons (Fsp3) is 0.524. The summed E-state index contributed by atoms with van der Waals surface area (Å²) in [6.45, 7) is 8.29. The van der Waals surface area contributed by atoms with Gasteiger partial charge in [-0.1, -0.05) is 15.9 Å². The molecular formula is C21H27BrFN5O3. The lowest BCUT2D eigenvalue weighted by atomic mass is 10.1. The number of halogens is 2. The lowest BCUT2D eigenvalue weighted by Gasteiger charge is -2.35. The number of nitrogens with one attached hydrogen (secondary N) is 1. The summed E-state index contributed by atoms with van der Waals surface area (Å²) in [5.41, 5.74) is 0.0102. The van der Waals surface area contributed by atoms with Crippen molar-refractivity contribution in [2.24, 2.45) is 0 Å². The topological polar surface area (TPSA) is 89.3 Å². The van der Waals surface area contributed by atoms with Crippen LogP contribution in [0.3, 0.4) is 0 Å². The number of piperidine rings is 1. The van der Waals surface area contributed by atoms with Crippen LogP contribution in [0.15, 0.2) is 27.5 Å². The molecule has 0 bridgehead atoms. The van der Waals surface area contributed by atoms with E-state index < -0.39 is 11.7 Å². The summed E-state index contributed by atoms with van der Waals surface area (Å²) < 4.78 is 21.3. The van der Waals surface area contributed by atoms with Gasteiger partial charge in [0, 0.05) is 23.6 Å². The quantitative estimate of drug-likeness (QED) is 0.698. The van der Waals surface area contributed by atoms with Gasteiger partial charge in [-0.25, -0.2) is 9.18 Å². The molecule has 1 saturated heterocycles. The predicted octanol–water partition coefficient (Wildman–Crippen LogP) is 3.39. The number of nitrogens with zero attached hydrogens (tertiary/aromatic N) is 4. The number of alkyl carbamates (subject to hydrolysis) is 1. The summed E-state index contributed by atoms with van der Waals surface area (Å²) in [7, 11) is 0. The van der Waals surface area contributed by atoms with Gasteiger partial charge in [0.05, 0.1) is 6.54 Å². The van der Waals surface area contributed by atoms with Gasteiger partial charge in [0.1, 0.15) is 17.1 Å². The zero-order valence-electron chi connectivity index (χ0n) is 18.1. The fourth-order valence-corrected chi connectivity index (χ4v) is 3.84. The van der Waals surface area contributed by atoms with Gasteiger partial charge in [0.15, 0.2) is 0 Å². The van der Waals surface area contributed by atoms with Crippen LogP contribution in [-0.4, -0.2) is 45.6 Å². The highest BCUT2D eigenvalue weighted by Gasteiger charge is 2.27. The molecule has 0 radical (unpaired) electrons. The standard InChI is InChI=1S/C21H27BrFN5O3/c1-13-18(29)28(11-14-10-15(23)7-8-17(14)22)19(26-25-13)27-9-5-6-16(12-27)24-20(30)31-21(2,3)4/h7-8,10,16H,5-6,9,11-12H2,1-4H3,(H,24,30). The number of carbonyl (C=O) groups is 1. The second kappa shape index (κ2) is 9.33. The van der Waals surface area contributed by atoms with E-state index in [-0.39, 0.29) is 29.7 Å². The van der Waals surface area contributed by atoms with Crippen LogP contribution in [0.25, 0.3) is 0 Å². The van der Waals surface area contributed by atoms with Crippen LogP contribution in [0.2, 0.25) is 0 Å². The van der Waals surface area contributed by atoms with E-state index in [1.54, 1.807) is 13.0 Å². The molecule has 1 N–H and O–H groups in total. The molecule has 31 heavy (non-hydrogen) atoms. The van der Waals surface area contributed by atoms with Crippen LogP contribution in [-0.2, 0) is 11.3 Å². The van der Waals surface area contributed by atoms with Crippen molar-refractivity contribution < 1.29 is 13.9 Å². The molecule has 2 heterocycles. The van der Waals surface area contributed by atoms with Crippen molar-refractivity contribution in [1.82, 2.24) is 20.1 Å². The summed E-state index contributed by atoms with van der Waals surface area (Å²) >= 11 is 3.42. The Hall–Kier alpha value is -2.49. The first-order chi connectivity index (χ1) is 14.5. The van der Waals surface area contributed by atoms with Crippen LogP contribution in [0.4, 0.5) is 15.1 Å². The fourth-order valence-electron chi connectivity index (χ4n) is 3.46. The number of amides is 1. The maximum atomic E-state index is 13.8. The highest BCUT2D eigenvalue weighted by atomic mass is 79.9. The lowest BCUT2D eigenvalue weighted by Crippen LogP contribution is -2.50. The monoisotopic (exact) mass is 495 g/mol. The van der Waals surface area contributed by atoms with E-state index in [2.05, 4.69) is 31.4 Å². The Balaban J connectivity index is 1.85. The Morgan fingerprint density at radius 3 is 2.81 bits per heavy atom. The molecule has 1 aliphatic heterocycles. The molecule has 1 aromatic carbocycles. The first-order valence-electron chi connectivity index (χ1n) is 10.2. The SMILES string of the molecule is Cc1nnc(N2CCCC(NC(=O)OC(C)(C)C)C2)n(Cc2cc(F)ccc2Br)c1=O. The highest BCUT2D eigenvalue weighted by Crippen LogP contribution is 2.22. The van der Waals surface area contributed by atoms with Gasteiger partial charge in [-0.15, -0.1) is 10.2 Å². The Morgan fingerprint density at radius 2 is 2.10 bits per heavy atom. The van der Waals surface area contributed by atoms with Gasteiger partial charge in [-0.2, -0.15) is 0 Å². The molecule has 8 nitrogen and oxygen atoms in total. The van der Waals surface area contributed by atoms with Crippen molar-refractivity contribution in [1.29, 1.82) is 0 Å². The van der Waals surface area contributed by atoms with E-state index in [0.717, 1.165) is 12.8 Å². The summed E-state index contributed by atoms with van der Waals surface area (Å²) in [4.78, 5) is 27.0. The van der Waals surface area contributed by atoms with Crippen molar-refractivity contribution in [3.63, 3.8) is 0 Å². The zero-order valence-corrected chi connectivity index (χ0v) is 19.7. The normalized spacial score (nSPS) is 16.8. The Kier molecular flexibility index (Phi) is 6.98. The summed E-state index contributed by atoms with van der Waals surface area (Å²) in [6.07, 6.45) is 1.11. The Bertz CT molecular complexity index is 1020. The maximum absolute atomic E-state index is 13.8. The second-order valence-corrected chi connectivity index (χ2v) is 9.50. The second-order valence-electron chi connectivity index (χ2n) is 8.64. The van der Waals surface area contributed by atoms with Gasteiger partial charge < -0.3 is 15.0 Å². The van der Waals surface area contributed by atoms with Crippen molar-refractivity contribution in [2.75, 3.05) is 18.0 Å². The maximum Gasteiger partial charge on any atom is 0.407 e. The number of aryl methyl sites for hydroxylation is 1. The molecule has 1 amide bonds. The minimum atomic E-state index is -0.584. The van der Waals surface area contributed by atoms with Gasteiger partial charge >= 0.3 is 6.09 Å². The van der Waals surface area contributed by atoms with Gasteiger partial charge in [-0.05, 0) is 64.3 Å². The molecule has 0 spiro atoms. The first kappa shape index (κ1) is 23.2. The molecule has 1 fully saturated rings. The molecule has 1 unspecified atom stereocenters. The van der Waals surface area contributed by atoms with Gasteiger partial charge in [-0.3, -0.25) is 9.36 Å². The molecular weight excluding hydrogens is 469 g/mol. The average Bonchev–Trinajstić information content (AvgIpc) is 2.67. The smallest absolute Gasteiger partial charge is 0.407 e. The van der Waals surface area contributed by atoms with Crippen LogP contribution < -0.4 is 15.8 Å². The van der Waals surface area contributed by atoms with E-state index in [4.69, 9.17) is 4.74 Å². The number of hydrogen-bond donors (Lipinski definition) is 1. The molecule has 2 aromatic rings. The highest BCUT2D eigenvalue weighted by molar-refractivity contribution is 9.10. The van der Waals surface area contributed by atoms with E-state index in [0.29, 0.717) is 29.1 Å². The molecule has 168 valence electrons. The number of aromatic nitrogens is 3. The lowest BCUT2D eigenvalue weighted by molar-refractivity contribution is 0.0499. The third-order valence-electron chi connectivity index (χ3n) is 4.85. The third kappa shape index (κ3) is 6.03. The summed E-state index contributed by atoms with van der Waals surface area (Å²) in [5.74, 6) is 0.00795. The Labute approximate surface area is 188 Å². The molecule has 0 saturated carbocycles. The van der Waals surface area contributed by atoms with Crippen molar-refractivity contribution in [3.05, 3.63) is 50.1 Å². The minimum absolute atomic E-state index is 0.142. The molecule has 1 aromatic heterocycles. The van der Waals surface area contributed by atoms with E-state index >= 15 is 0 Å². The number of hydrogen-bond acceptors (Lipinski definition) is 6. The third-order valence-corrected chi connectivity index (χ3v) is 5.62. The largest absolute Gasteiger partial charge is 0.444 e. The van der Waals surface area contributed by atoms with Crippen molar-refractivity contribution >= 4 is 28.0 Å². The first-order valence-corrected chi connectivity index (χ1v) is 11.0. The number of benzene rings is 1. The van der Waals surface area contributed by atoms with Crippen molar-refractivity contribution in [3.8, 4) is 0 Å². The average molecular weight is 496 g/mol. The molecule has 3 rings (SSSR count). The van der Waals surface area contributed by atoms with Gasteiger partial charge in [0.25, 0.3) is 5.56 Å². The van der Waals surface area contributed by atoms with Crippen LogP contribution in [0.1, 0.15) is 44.9 Å². The van der Waals surface area contributed by atoms with Crippen LogP contribution >= 0.6 is 15.9 Å². The molecule has 1 aliphatic rings. The zero-order chi connectivity index (χ0) is 22.8. The Morgan fingerprint density at radius 1 is 1.35 bits per heavy atom. The summed E-state index contributed by atoms with van der Waals surface area (Å²) in [5, 5.41) is 11.2. The van der Waals surface area contributed by atoms with E-state index in [9.17, 15) is 14.0 Å². The number of carbonyl (C=O) groups excluding carboxylic acids is 1. The van der Waals surface area contributed by atoms with Crippen LogP contribution in [0, 0.1) is 12.7 Å². The van der Waals surface area contributed by atoms with Crippen molar-refractivity contribution in [2.45, 2.75) is 58.7 Å². The van der Waals surface area contributed by atoms with E-state index in [1.807, 2.05) is 25.7 Å². The molecule has 0 aliphatic carbocycles. The molecule has 1 atom stereocenters. The predicted molar refractivity (Wildman–Crippen MR) is 119 cm³/mol. The van der Waals surface area contributed by atoms with Gasteiger partial charge in [0.2, 0.25) is 5.95 Å². The number of rotatable bonds is 4. The van der Waals surface area contributed by atoms with Crippen LogP contribution in [0.5, 0.6) is 0 Å². The van der Waals surface area contributed by atoms with E-state index in [1.165, 1.54) is 16.7 Å². The molecule has 10 heteroatoms. The number of anilines is 1. The summed E-state index contributed by atoms with van der Waals surface area (Å²) in [6, 6.07) is 4.19. The number of ether oxygens (including phenoxy) is 1. The minimum Gasteiger partial charge on any atom is -0.444 e.